The third-order valence-electron chi connectivity index (χ3n) is 2.44. The molecular weight excluding hydrogens is 232 g/mol. The van der Waals surface area contributed by atoms with Gasteiger partial charge in [0.05, 0.1) is 11.4 Å². The van der Waals surface area contributed by atoms with E-state index in [0.29, 0.717) is 12.1 Å². The minimum Gasteiger partial charge on any atom is -0.370 e. The number of rotatable bonds is 4. The molecule has 1 aromatic carbocycles. The van der Waals surface area contributed by atoms with Gasteiger partial charge in [0.15, 0.2) is 5.96 Å². The van der Waals surface area contributed by atoms with Gasteiger partial charge in [0, 0.05) is 6.42 Å². The minimum absolute atomic E-state index is 0.0235. The van der Waals surface area contributed by atoms with Gasteiger partial charge in [0.1, 0.15) is 12.4 Å². The Morgan fingerprint density at radius 3 is 2.72 bits per heavy atom. The SMILES string of the molecule is NC(N)=Nc1ccc(C2=C[C@H](CC=O)ON2)cc1. The van der Waals surface area contributed by atoms with E-state index in [4.69, 9.17) is 16.3 Å². The highest BCUT2D eigenvalue weighted by Crippen LogP contribution is 2.22. The highest BCUT2D eigenvalue weighted by atomic mass is 16.7. The molecule has 0 saturated carbocycles. The van der Waals surface area contributed by atoms with Gasteiger partial charge in [0.25, 0.3) is 0 Å². The second kappa shape index (κ2) is 5.33. The zero-order valence-electron chi connectivity index (χ0n) is 9.67. The Bertz CT molecular complexity index is 489. The maximum Gasteiger partial charge on any atom is 0.191 e. The molecule has 0 fully saturated rings. The quantitative estimate of drug-likeness (QED) is 0.406. The second-order valence-corrected chi connectivity index (χ2v) is 3.82. The van der Waals surface area contributed by atoms with E-state index in [1.807, 2.05) is 18.2 Å². The lowest BCUT2D eigenvalue weighted by atomic mass is 10.1. The molecule has 0 unspecified atom stereocenters. The van der Waals surface area contributed by atoms with Crippen LogP contribution >= 0.6 is 0 Å². The molecule has 0 aromatic heterocycles. The summed E-state index contributed by atoms with van der Waals surface area (Å²) in [5.41, 5.74) is 15.8. The number of guanidine groups is 1. The van der Waals surface area contributed by atoms with Crippen LogP contribution in [0.25, 0.3) is 5.70 Å². The van der Waals surface area contributed by atoms with Gasteiger partial charge in [0.2, 0.25) is 0 Å². The molecule has 0 bridgehead atoms. The molecule has 0 amide bonds. The molecule has 0 saturated heterocycles. The number of nitrogens with one attached hydrogen (secondary N) is 1. The van der Waals surface area contributed by atoms with Crippen LogP contribution in [0.3, 0.4) is 0 Å². The maximum absolute atomic E-state index is 10.4. The molecule has 1 aliphatic heterocycles. The summed E-state index contributed by atoms with van der Waals surface area (Å²) in [6.45, 7) is 0. The van der Waals surface area contributed by atoms with Crippen LogP contribution in [0.15, 0.2) is 35.3 Å². The number of carbonyl (C=O) groups is 1. The van der Waals surface area contributed by atoms with Gasteiger partial charge in [-0.2, -0.15) is 0 Å². The second-order valence-electron chi connectivity index (χ2n) is 3.82. The average Bonchev–Trinajstić information content (AvgIpc) is 2.78. The Hall–Kier alpha value is -2.34. The van der Waals surface area contributed by atoms with Crippen molar-refractivity contribution in [3.8, 4) is 0 Å². The topological polar surface area (TPSA) is 103 Å². The molecule has 1 atom stereocenters. The summed E-state index contributed by atoms with van der Waals surface area (Å²) >= 11 is 0. The maximum atomic E-state index is 10.4. The van der Waals surface area contributed by atoms with Gasteiger partial charge < -0.3 is 16.3 Å². The number of aldehydes is 1. The number of nitrogens with two attached hydrogens (primary N) is 2. The molecule has 1 heterocycles. The van der Waals surface area contributed by atoms with Crippen molar-refractivity contribution in [3.63, 3.8) is 0 Å². The summed E-state index contributed by atoms with van der Waals surface area (Å²) in [5.74, 6) is 0.0235. The molecular formula is C12H14N4O2. The molecule has 2 rings (SSSR count). The number of hydrogen-bond acceptors (Lipinski definition) is 4. The molecule has 94 valence electrons. The van der Waals surface area contributed by atoms with Crippen molar-refractivity contribution in [1.29, 1.82) is 0 Å². The van der Waals surface area contributed by atoms with E-state index in [9.17, 15) is 4.79 Å². The number of hydroxylamine groups is 1. The van der Waals surface area contributed by atoms with Crippen molar-refractivity contribution < 1.29 is 9.63 Å². The van der Waals surface area contributed by atoms with Gasteiger partial charge in [-0.1, -0.05) is 12.1 Å². The summed E-state index contributed by atoms with van der Waals surface area (Å²) in [5, 5.41) is 0. The van der Waals surface area contributed by atoms with E-state index in [2.05, 4.69) is 10.5 Å². The lowest BCUT2D eigenvalue weighted by molar-refractivity contribution is -0.110. The summed E-state index contributed by atoms with van der Waals surface area (Å²) < 4.78 is 0. The predicted octanol–water partition coefficient (Wildman–Crippen LogP) is 0.425. The fourth-order valence-electron chi connectivity index (χ4n) is 1.62. The van der Waals surface area contributed by atoms with E-state index in [-0.39, 0.29) is 12.1 Å². The minimum atomic E-state index is -0.213. The monoisotopic (exact) mass is 246 g/mol. The summed E-state index contributed by atoms with van der Waals surface area (Å²) in [4.78, 5) is 19.5. The highest BCUT2D eigenvalue weighted by molar-refractivity contribution is 5.79. The Balaban J connectivity index is 2.13. The number of nitrogens with zero attached hydrogens (tertiary/aromatic N) is 1. The van der Waals surface area contributed by atoms with E-state index in [0.717, 1.165) is 17.5 Å². The van der Waals surface area contributed by atoms with Crippen molar-refractivity contribution in [2.45, 2.75) is 12.5 Å². The highest BCUT2D eigenvalue weighted by Gasteiger charge is 2.16. The molecule has 18 heavy (non-hydrogen) atoms. The van der Waals surface area contributed by atoms with E-state index in [1.165, 1.54) is 0 Å². The largest absolute Gasteiger partial charge is 0.370 e. The first kappa shape index (κ1) is 12.1. The molecule has 0 spiro atoms. The van der Waals surface area contributed by atoms with Crippen LogP contribution in [-0.2, 0) is 9.63 Å². The first-order chi connectivity index (χ1) is 8.69. The zero-order chi connectivity index (χ0) is 13.0. The van der Waals surface area contributed by atoms with Crippen molar-refractivity contribution in [2.24, 2.45) is 16.5 Å². The van der Waals surface area contributed by atoms with Crippen LogP contribution in [-0.4, -0.2) is 18.3 Å². The van der Waals surface area contributed by atoms with Crippen molar-refractivity contribution in [1.82, 2.24) is 5.48 Å². The number of hydrogen-bond donors (Lipinski definition) is 3. The molecule has 0 radical (unpaired) electrons. The van der Waals surface area contributed by atoms with Gasteiger partial charge >= 0.3 is 0 Å². The van der Waals surface area contributed by atoms with E-state index >= 15 is 0 Å². The predicted molar refractivity (Wildman–Crippen MR) is 68.6 cm³/mol. The molecule has 6 nitrogen and oxygen atoms in total. The van der Waals surface area contributed by atoms with Crippen LogP contribution in [0.2, 0.25) is 0 Å². The Morgan fingerprint density at radius 2 is 2.11 bits per heavy atom. The number of carbonyl (C=O) groups excluding carboxylic acids is 1. The Labute approximate surface area is 104 Å². The van der Waals surface area contributed by atoms with Crippen LogP contribution in [0.4, 0.5) is 5.69 Å². The fraction of sp³-hybridized carbons (Fsp3) is 0.167. The zero-order valence-corrected chi connectivity index (χ0v) is 9.67. The molecule has 6 heteroatoms. The fourth-order valence-corrected chi connectivity index (χ4v) is 1.62. The van der Waals surface area contributed by atoms with Crippen LogP contribution in [0.1, 0.15) is 12.0 Å². The van der Waals surface area contributed by atoms with Crippen LogP contribution < -0.4 is 16.9 Å². The molecule has 0 aliphatic carbocycles. The van der Waals surface area contributed by atoms with Gasteiger partial charge in [-0.3, -0.25) is 10.3 Å². The lowest BCUT2D eigenvalue weighted by Gasteiger charge is -2.04. The summed E-state index contributed by atoms with van der Waals surface area (Å²) in [6, 6.07) is 7.33. The van der Waals surface area contributed by atoms with Gasteiger partial charge in [-0.25, -0.2) is 4.99 Å². The summed E-state index contributed by atoms with van der Waals surface area (Å²) in [7, 11) is 0. The molecule has 1 aliphatic rings. The standard InChI is InChI=1S/C12H14N4O2/c13-12(14)15-9-3-1-8(2-4-9)11-7-10(5-6-17)18-16-11/h1-4,6-7,10,16H,5H2,(H4,13,14,15)/t10-/m0/s1. The van der Waals surface area contributed by atoms with Crippen molar-refractivity contribution >= 4 is 23.6 Å². The molecule has 1 aromatic rings. The first-order valence-electron chi connectivity index (χ1n) is 5.46. The van der Waals surface area contributed by atoms with Gasteiger partial charge in [-0.15, -0.1) is 0 Å². The lowest BCUT2D eigenvalue weighted by Crippen LogP contribution is -2.21. The number of benzene rings is 1. The van der Waals surface area contributed by atoms with Crippen molar-refractivity contribution in [2.75, 3.05) is 0 Å². The third kappa shape index (κ3) is 2.86. The first-order valence-corrected chi connectivity index (χ1v) is 5.46. The van der Waals surface area contributed by atoms with E-state index < -0.39 is 0 Å². The summed E-state index contributed by atoms with van der Waals surface area (Å²) in [6.07, 6.45) is 2.81. The normalized spacial score (nSPS) is 17.8. The van der Waals surface area contributed by atoms with E-state index in [1.54, 1.807) is 12.1 Å². The Morgan fingerprint density at radius 1 is 1.39 bits per heavy atom. The molecule has 5 N–H and O–H groups in total. The third-order valence-corrected chi connectivity index (χ3v) is 2.44. The van der Waals surface area contributed by atoms with Crippen LogP contribution in [0.5, 0.6) is 0 Å². The Kier molecular flexibility index (Phi) is 3.59. The smallest absolute Gasteiger partial charge is 0.191 e. The van der Waals surface area contributed by atoms with Crippen molar-refractivity contribution in [3.05, 3.63) is 35.9 Å². The van der Waals surface area contributed by atoms with Crippen LogP contribution in [0, 0.1) is 0 Å². The average molecular weight is 246 g/mol. The van der Waals surface area contributed by atoms with Gasteiger partial charge in [-0.05, 0) is 23.8 Å². The number of aliphatic imine (C=N–C) groups is 1.